The number of urea groups is 1. The Hall–Kier alpha value is -2.08. The highest BCUT2D eigenvalue weighted by Gasteiger charge is 2.13. The normalized spacial score (nSPS) is 11.9. The Kier molecular flexibility index (Phi) is 8.26. The highest BCUT2D eigenvalue weighted by molar-refractivity contribution is 5.95. The Morgan fingerprint density at radius 2 is 1.75 bits per heavy atom. The Morgan fingerprint density at radius 3 is 2.25 bits per heavy atom. The molecule has 134 valence electrons. The second kappa shape index (κ2) is 9.93. The monoisotopic (exact) mass is 334 g/mol. The molecule has 1 atom stereocenters. The molecule has 6 nitrogen and oxygen atoms in total. The maximum Gasteiger partial charge on any atom is 0.321 e. The first-order valence-corrected chi connectivity index (χ1v) is 8.44. The van der Waals surface area contributed by atoms with E-state index in [-0.39, 0.29) is 18.5 Å². The number of rotatable bonds is 8. The van der Waals surface area contributed by atoms with E-state index in [2.05, 4.69) is 34.9 Å². The van der Waals surface area contributed by atoms with Crippen molar-refractivity contribution in [2.24, 2.45) is 0 Å². The van der Waals surface area contributed by atoms with E-state index in [0.717, 1.165) is 24.2 Å². The molecule has 0 aliphatic carbocycles. The summed E-state index contributed by atoms with van der Waals surface area (Å²) < 4.78 is 0. The van der Waals surface area contributed by atoms with Crippen molar-refractivity contribution in [1.82, 2.24) is 15.5 Å². The number of anilines is 1. The van der Waals surface area contributed by atoms with Gasteiger partial charge in [-0.05, 0) is 37.6 Å². The van der Waals surface area contributed by atoms with Gasteiger partial charge in [-0.25, -0.2) is 4.79 Å². The van der Waals surface area contributed by atoms with Crippen molar-refractivity contribution in [3.8, 4) is 0 Å². The number of benzene rings is 1. The van der Waals surface area contributed by atoms with Crippen molar-refractivity contribution in [2.75, 3.05) is 32.1 Å². The molecular formula is C18H30N4O2. The van der Waals surface area contributed by atoms with E-state index in [1.807, 2.05) is 44.7 Å². The van der Waals surface area contributed by atoms with E-state index in [9.17, 15) is 9.59 Å². The molecule has 0 radical (unpaired) electrons. The predicted octanol–water partition coefficient (Wildman–Crippen LogP) is 2.20. The number of likely N-dealkylation sites (N-methyl/N-ethyl adjacent to an activating group) is 1. The summed E-state index contributed by atoms with van der Waals surface area (Å²) in [5, 5.41) is 5.11. The van der Waals surface area contributed by atoms with Gasteiger partial charge in [0, 0.05) is 32.4 Å². The van der Waals surface area contributed by atoms with Crippen molar-refractivity contribution in [2.45, 2.75) is 39.8 Å². The summed E-state index contributed by atoms with van der Waals surface area (Å²) >= 11 is 0. The van der Waals surface area contributed by atoms with Gasteiger partial charge in [0.2, 0.25) is 5.91 Å². The number of hydrogen-bond acceptors (Lipinski definition) is 4. The van der Waals surface area contributed by atoms with E-state index in [1.54, 1.807) is 0 Å². The van der Waals surface area contributed by atoms with Crippen LogP contribution in [-0.4, -0.2) is 50.1 Å². The fraction of sp³-hybridized carbons (Fsp3) is 0.556. The quantitative estimate of drug-likeness (QED) is 0.765. The van der Waals surface area contributed by atoms with E-state index >= 15 is 0 Å². The molecule has 0 aromatic heterocycles. The number of imide groups is 1. The first-order chi connectivity index (χ1) is 11.3. The average Bonchev–Trinajstić information content (AvgIpc) is 2.54. The Bertz CT molecular complexity index is 528. The standard InChI is InChI=1S/C18H30N4O2/c1-6-14(3)19-18(24)20-17(23)13-22(7-2)12-15-8-10-16(11-9-15)21(4)5/h8-11,14H,6-7,12-13H2,1-5H3,(H2,19,20,23,24)/t14-/m0/s1. The molecule has 2 N–H and O–H groups in total. The van der Waals surface area contributed by atoms with Gasteiger partial charge in [-0.3, -0.25) is 15.0 Å². The molecule has 24 heavy (non-hydrogen) atoms. The second-order valence-electron chi connectivity index (χ2n) is 6.20. The van der Waals surface area contributed by atoms with Crippen LogP contribution < -0.4 is 15.5 Å². The molecule has 0 unspecified atom stereocenters. The highest BCUT2D eigenvalue weighted by Crippen LogP contribution is 2.13. The topological polar surface area (TPSA) is 64.7 Å². The number of nitrogens with zero attached hydrogens (tertiary/aromatic N) is 2. The molecular weight excluding hydrogens is 304 g/mol. The van der Waals surface area contributed by atoms with Gasteiger partial charge in [-0.15, -0.1) is 0 Å². The van der Waals surface area contributed by atoms with Gasteiger partial charge >= 0.3 is 6.03 Å². The van der Waals surface area contributed by atoms with Crippen LogP contribution in [0.1, 0.15) is 32.8 Å². The molecule has 0 aliphatic rings. The summed E-state index contributed by atoms with van der Waals surface area (Å²) in [5.41, 5.74) is 2.28. The van der Waals surface area contributed by atoms with E-state index in [1.165, 1.54) is 0 Å². The van der Waals surface area contributed by atoms with Crippen LogP contribution in [0.3, 0.4) is 0 Å². The Labute approximate surface area is 145 Å². The number of hydrogen-bond donors (Lipinski definition) is 2. The zero-order valence-corrected chi connectivity index (χ0v) is 15.4. The lowest BCUT2D eigenvalue weighted by molar-refractivity contribution is -0.121. The summed E-state index contributed by atoms with van der Waals surface area (Å²) in [5.74, 6) is -0.289. The van der Waals surface area contributed by atoms with Gasteiger partial charge in [0.1, 0.15) is 0 Å². The van der Waals surface area contributed by atoms with Crippen LogP contribution in [0.15, 0.2) is 24.3 Å². The first-order valence-electron chi connectivity index (χ1n) is 8.44. The van der Waals surface area contributed by atoms with Crippen LogP contribution >= 0.6 is 0 Å². The third-order valence-corrected chi connectivity index (χ3v) is 3.92. The molecule has 0 fully saturated rings. The summed E-state index contributed by atoms with van der Waals surface area (Å²) in [6.07, 6.45) is 0.825. The van der Waals surface area contributed by atoms with Gasteiger partial charge in [0.25, 0.3) is 0 Å². The number of amides is 3. The zero-order valence-electron chi connectivity index (χ0n) is 15.4. The van der Waals surface area contributed by atoms with E-state index < -0.39 is 6.03 Å². The molecule has 0 heterocycles. The summed E-state index contributed by atoms with van der Waals surface area (Å²) in [6, 6.07) is 7.86. The minimum atomic E-state index is -0.430. The van der Waals surface area contributed by atoms with Crippen molar-refractivity contribution in [3.63, 3.8) is 0 Å². The minimum absolute atomic E-state index is 0.0512. The van der Waals surface area contributed by atoms with Gasteiger partial charge in [-0.1, -0.05) is 26.0 Å². The maximum atomic E-state index is 12.0. The molecule has 0 spiro atoms. The summed E-state index contributed by atoms with van der Waals surface area (Å²) in [4.78, 5) is 27.7. The van der Waals surface area contributed by atoms with Gasteiger partial charge < -0.3 is 10.2 Å². The SMILES string of the molecule is CC[C@H](C)NC(=O)NC(=O)CN(CC)Cc1ccc(N(C)C)cc1. The lowest BCUT2D eigenvalue weighted by Crippen LogP contribution is -2.46. The third kappa shape index (κ3) is 7.00. The fourth-order valence-electron chi connectivity index (χ4n) is 2.17. The van der Waals surface area contributed by atoms with Crippen molar-refractivity contribution in [3.05, 3.63) is 29.8 Å². The van der Waals surface area contributed by atoms with Gasteiger partial charge in [0.15, 0.2) is 0 Å². The van der Waals surface area contributed by atoms with Crippen LogP contribution in [0, 0.1) is 0 Å². The number of nitrogens with one attached hydrogen (secondary N) is 2. The number of carbonyl (C=O) groups is 2. The van der Waals surface area contributed by atoms with Crippen molar-refractivity contribution >= 4 is 17.6 Å². The maximum absolute atomic E-state index is 12.0. The summed E-state index contributed by atoms with van der Waals surface area (Å²) in [7, 11) is 4.00. The second-order valence-corrected chi connectivity index (χ2v) is 6.20. The molecule has 3 amide bonds. The van der Waals surface area contributed by atoms with Crippen LogP contribution in [0.2, 0.25) is 0 Å². The molecule has 0 saturated heterocycles. The Balaban J connectivity index is 2.51. The van der Waals surface area contributed by atoms with Gasteiger partial charge in [-0.2, -0.15) is 0 Å². The molecule has 1 rings (SSSR count). The van der Waals surface area contributed by atoms with Crippen LogP contribution in [0.5, 0.6) is 0 Å². The first kappa shape index (κ1) is 20.0. The highest BCUT2D eigenvalue weighted by atomic mass is 16.2. The van der Waals surface area contributed by atoms with Gasteiger partial charge in [0.05, 0.1) is 6.54 Å². The minimum Gasteiger partial charge on any atom is -0.378 e. The predicted molar refractivity (Wildman–Crippen MR) is 98.1 cm³/mol. The lowest BCUT2D eigenvalue weighted by atomic mass is 10.2. The van der Waals surface area contributed by atoms with Crippen LogP contribution in [-0.2, 0) is 11.3 Å². The number of carbonyl (C=O) groups excluding carboxylic acids is 2. The average molecular weight is 334 g/mol. The summed E-state index contributed by atoms with van der Waals surface area (Å²) in [6.45, 7) is 7.48. The van der Waals surface area contributed by atoms with Crippen LogP contribution in [0.25, 0.3) is 0 Å². The lowest BCUT2D eigenvalue weighted by Gasteiger charge is -2.21. The Morgan fingerprint density at radius 1 is 1.12 bits per heavy atom. The van der Waals surface area contributed by atoms with Crippen molar-refractivity contribution in [1.29, 1.82) is 0 Å². The molecule has 6 heteroatoms. The molecule has 1 aromatic rings. The smallest absolute Gasteiger partial charge is 0.321 e. The van der Waals surface area contributed by atoms with E-state index in [0.29, 0.717) is 6.54 Å². The third-order valence-electron chi connectivity index (χ3n) is 3.92. The molecule has 1 aromatic carbocycles. The van der Waals surface area contributed by atoms with E-state index in [4.69, 9.17) is 0 Å². The zero-order chi connectivity index (χ0) is 18.1. The largest absolute Gasteiger partial charge is 0.378 e. The molecule has 0 bridgehead atoms. The molecule has 0 saturated carbocycles. The fourth-order valence-corrected chi connectivity index (χ4v) is 2.17. The van der Waals surface area contributed by atoms with Crippen molar-refractivity contribution < 1.29 is 9.59 Å². The van der Waals surface area contributed by atoms with Crippen LogP contribution in [0.4, 0.5) is 10.5 Å². The molecule has 0 aliphatic heterocycles.